The van der Waals surface area contributed by atoms with Gasteiger partial charge >= 0.3 is 5.97 Å². The van der Waals surface area contributed by atoms with Gasteiger partial charge in [0.25, 0.3) is 0 Å². The van der Waals surface area contributed by atoms with Crippen molar-refractivity contribution in [1.82, 2.24) is 0 Å². The first-order valence-corrected chi connectivity index (χ1v) is 5.22. The molecule has 4 nitrogen and oxygen atoms in total. The molecular weight excluding hydrogens is 208 g/mol. The van der Waals surface area contributed by atoms with Gasteiger partial charge in [-0.05, 0) is 49.4 Å². The molecule has 0 saturated carbocycles. The smallest absolute Gasteiger partial charge is 0.344 e. The van der Waals surface area contributed by atoms with Gasteiger partial charge in [0.15, 0.2) is 6.10 Å². The lowest BCUT2D eigenvalue weighted by Crippen LogP contribution is -2.31. The van der Waals surface area contributed by atoms with Crippen LogP contribution in [0.15, 0.2) is 6.07 Å². The number of benzene rings is 1. The van der Waals surface area contributed by atoms with Gasteiger partial charge in [-0.15, -0.1) is 0 Å². The van der Waals surface area contributed by atoms with Crippen molar-refractivity contribution in [2.24, 2.45) is 0 Å². The Kier molecular flexibility index (Phi) is 2.50. The topological polar surface area (TPSA) is 66.8 Å². The van der Waals surface area contributed by atoms with E-state index in [2.05, 4.69) is 0 Å². The predicted octanol–water partition coefficient (Wildman–Crippen LogP) is 1.79. The van der Waals surface area contributed by atoms with Crippen molar-refractivity contribution in [3.63, 3.8) is 0 Å². The summed E-state index contributed by atoms with van der Waals surface area (Å²) in [6.07, 6.45) is 0.306. The molecule has 0 aromatic heterocycles. The largest absolute Gasteiger partial charge is 0.508 e. The maximum atomic E-state index is 10.9. The maximum Gasteiger partial charge on any atom is 0.344 e. The molecule has 2 rings (SSSR count). The first kappa shape index (κ1) is 10.8. The van der Waals surface area contributed by atoms with E-state index in [1.54, 1.807) is 13.0 Å². The Morgan fingerprint density at radius 1 is 1.44 bits per heavy atom. The van der Waals surface area contributed by atoms with E-state index in [9.17, 15) is 9.90 Å². The number of carboxylic acid groups (broad SMARTS) is 1. The van der Waals surface area contributed by atoms with Crippen LogP contribution in [0.2, 0.25) is 0 Å². The van der Waals surface area contributed by atoms with Crippen molar-refractivity contribution in [1.29, 1.82) is 0 Å². The van der Waals surface area contributed by atoms with Gasteiger partial charge in [0.1, 0.15) is 11.5 Å². The van der Waals surface area contributed by atoms with Crippen LogP contribution in [-0.4, -0.2) is 22.3 Å². The zero-order valence-electron chi connectivity index (χ0n) is 9.28. The number of ether oxygens (including phenoxy) is 1. The number of phenolic OH excluding ortho intramolecular Hbond substituents is 1. The van der Waals surface area contributed by atoms with Gasteiger partial charge in [0.2, 0.25) is 0 Å². The summed E-state index contributed by atoms with van der Waals surface area (Å²) in [5, 5.41) is 18.6. The van der Waals surface area contributed by atoms with Crippen molar-refractivity contribution >= 4 is 5.97 Å². The Bertz CT molecular complexity index is 451. The molecule has 0 radical (unpaired) electrons. The summed E-state index contributed by atoms with van der Waals surface area (Å²) in [6, 6.07) is 1.66. The molecule has 16 heavy (non-hydrogen) atoms. The van der Waals surface area contributed by atoms with E-state index in [0.29, 0.717) is 18.6 Å². The summed E-state index contributed by atoms with van der Waals surface area (Å²) in [5.74, 6) is -0.0710. The highest BCUT2D eigenvalue weighted by molar-refractivity contribution is 5.73. The standard InChI is InChI=1S/C12H14O4/c1-6-7(2)11-8(5-9(6)13)3-4-10(16-11)12(14)15/h5,10,13H,3-4H2,1-2H3,(H,14,15). The van der Waals surface area contributed by atoms with Crippen LogP contribution in [0.25, 0.3) is 0 Å². The third-order valence-corrected chi connectivity index (χ3v) is 3.10. The molecule has 1 heterocycles. The average molecular weight is 222 g/mol. The van der Waals surface area contributed by atoms with E-state index in [0.717, 1.165) is 16.7 Å². The number of hydrogen-bond acceptors (Lipinski definition) is 3. The van der Waals surface area contributed by atoms with E-state index in [1.807, 2.05) is 6.92 Å². The lowest BCUT2D eigenvalue weighted by atomic mass is 9.96. The Labute approximate surface area is 93.5 Å². The van der Waals surface area contributed by atoms with Crippen molar-refractivity contribution in [3.05, 3.63) is 22.8 Å². The Balaban J connectivity index is 2.45. The Hall–Kier alpha value is -1.71. The Morgan fingerprint density at radius 2 is 2.12 bits per heavy atom. The highest BCUT2D eigenvalue weighted by Gasteiger charge is 2.27. The fourth-order valence-corrected chi connectivity index (χ4v) is 1.95. The highest BCUT2D eigenvalue weighted by atomic mass is 16.5. The van der Waals surface area contributed by atoms with Crippen LogP contribution < -0.4 is 4.74 Å². The molecule has 0 aliphatic carbocycles. The van der Waals surface area contributed by atoms with Gasteiger partial charge < -0.3 is 14.9 Å². The van der Waals surface area contributed by atoms with Gasteiger partial charge in [-0.2, -0.15) is 0 Å². The van der Waals surface area contributed by atoms with E-state index >= 15 is 0 Å². The number of aryl methyl sites for hydroxylation is 1. The minimum absolute atomic E-state index is 0.244. The molecule has 86 valence electrons. The lowest BCUT2D eigenvalue weighted by Gasteiger charge is -2.25. The SMILES string of the molecule is Cc1c(O)cc2c(c1C)OC(C(=O)O)CC2. The second-order valence-electron chi connectivity index (χ2n) is 4.12. The first-order chi connectivity index (χ1) is 7.50. The van der Waals surface area contributed by atoms with Crippen LogP contribution in [-0.2, 0) is 11.2 Å². The number of aliphatic carboxylic acids is 1. The fraction of sp³-hybridized carbons (Fsp3) is 0.417. The molecule has 1 aromatic carbocycles. The molecule has 1 aliphatic heterocycles. The molecular formula is C12H14O4. The molecule has 0 bridgehead atoms. The van der Waals surface area contributed by atoms with E-state index in [4.69, 9.17) is 9.84 Å². The van der Waals surface area contributed by atoms with Crippen LogP contribution in [0.1, 0.15) is 23.1 Å². The zero-order chi connectivity index (χ0) is 11.9. The van der Waals surface area contributed by atoms with Crippen molar-refractivity contribution < 1.29 is 19.7 Å². The molecule has 1 aromatic rings. The van der Waals surface area contributed by atoms with E-state index in [1.165, 1.54) is 0 Å². The molecule has 0 saturated heterocycles. The number of fused-ring (bicyclic) bond motifs is 1. The van der Waals surface area contributed by atoms with E-state index < -0.39 is 12.1 Å². The van der Waals surface area contributed by atoms with Crippen molar-refractivity contribution in [3.8, 4) is 11.5 Å². The zero-order valence-corrected chi connectivity index (χ0v) is 9.28. The molecule has 0 amide bonds. The molecule has 1 atom stereocenters. The number of aromatic hydroxyl groups is 1. The Morgan fingerprint density at radius 3 is 2.75 bits per heavy atom. The first-order valence-electron chi connectivity index (χ1n) is 5.22. The third kappa shape index (κ3) is 1.60. The van der Waals surface area contributed by atoms with Gasteiger partial charge in [0.05, 0.1) is 0 Å². The summed E-state index contributed by atoms with van der Waals surface area (Å²) in [4.78, 5) is 10.9. The number of phenols is 1. The third-order valence-electron chi connectivity index (χ3n) is 3.10. The summed E-state index contributed by atoms with van der Waals surface area (Å²) < 4.78 is 5.45. The summed E-state index contributed by atoms with van der Waals surface area (Å²) in [6.45, 7) is 3.62. The second kappa shape index (κ2) is 3.70. The molecule has 4 heteroatoms. The maximum absolute atomic E-state index is 10.9. The predicted molar refractivity (Wildman–Crippen MR) is 58.0 cm³/mol. The number of carboxylic acids is 1. The van der Waals surface area contributed by atoms with Crippen molar-refractivity contribution in [2.75, 3.05) is 0 Å². The van der Waals surface area contributed by atoms with Crippen molar-refractivity contribution in [2.45, 2.75) is 32.8 Å². The van der Waals surface area contributed by atoms with Gasteiger partial charge in [0, 0.05) is 0 Å². The summed E-state index contributed by atoms with van der Waals surface area (Å²) >= 11 is 0. The minimum atomic E-state index is -0.934. The summed E-state index contributed by atoms with van der Waals surface area (Å²) in [5.41, 5.74) is 2.45. The fourth-order valence-electron chi connectivity index (χ4n) is 1.95. The van der Waals surface area contributed by atoms with Gasteiger partial charge in [-0.3, -0.25) is 0 Å². The monoisotopic (exact) mass is 222 g/mol. The summed E-state index contributed by atoms with van der Waals surface area (Å²) in [7, 11) is 0. The highest BCUT2D eigenvalue weighted by Crippen LogP contribution is 2.37. The molecule has 1 aliphatic rings. The minimum Gasteiger partial charge on any atom is -0.508 e. The van der Waals surface area contributed by atoms with Crippen LogP contribution in [0, 0.1) is 13.8 Å². The average Bonchev–Trinajstić information content (AvgIpc) is 2.25. The quantitative estimate of drug-likeness (QED) is 0.760. The molecule has 2 N–H and O–H groups in total. The van der Waals surface area contributed by atoms with Crippen LogP contribution in [0.4, 0.5) is 0 Å². The molecule has 1 unspecified atom stereocenters. The van der Waals surface area contributed by atoms with E-state index in [-0.39, 0.29) is 5.75 Å². The number of carbonyl (C=O) groups is 1. The number of rotatable bonds is 1. The second-order valence-corrected chi connectivity index (χ2v) is 4.12. The van der Waals surface area contributed by atoms with Crippen LogP contribution >= 0.6 is 0 Å². The lowest BCUT2D eigenvalue weighted by molar-refractivity contribution is -0.145. The van der Waals surface area contributed by atoms with Gasteiger partial charge in [-0.1, -0.05) is 0 Å². The van der Waals surface area contributed by atoms with Gasteiger partial charge in [-0.25, -0.2) is 4.79 Å². The van der Waals surface area contributed by atoms with Crippen LogP contribution in [0.3, 0.4) is 0 Å². The molecule has 0 fully saturated rings. The number of hydrogen-bond donors (Lipinski definition) is 2. The van der Waals surface area contributed by atoms with Crippen LogP contribution in [0.5, 0.6) is 11.5 Å². The molecule has 0 spiro atoms. The normalized spacial score (nSPS) is 18.8.